The number of fused-ring (bicyclic) bond motifs is 1. The highest BCUT2D eigenvalue weighted by Gasteiger charge is 2.20. The summed E-state index contributed by atoms with van der Waals surface area (Å²) in [6, 6.07) is 11.3. The topological polar surface area (TPSA) is 53.1 Å². The Hall–Kier alpha value is -2.51. The number of halogens is 2. The summed E-state index contributed by atoms with van der Waals surface area (Å²) in [5.74, 6) is -0.568. The normalized spacial score (nSPS) is 18.0. The van der Waals surface area contributed by atoms with Gasteiger partial charge in [0.2, 0.25) is 0 Å². The lowest BCUT2D eigenvalue weighted by Crippen LogP contribution is -2.46. The number of aryl methyl sites for hydroxylation is 1. The van der Waals surface area contributed by atoms with Crippen LogP contribution in [0, 0.1) is 11.6 Å². The average Bonchev–Trinajstić information content (AvgIpc) is 3.00. The molecule has 148 valence electrons. The monoisotopic (exact) mass is 386 g/mol. The van der Waals surface area contributed by atoms with E-state index >= 15 is 0 Å². The summed E-state index contributed by atoms with van der Waals surface area (Å²) in [6.07, 6.45) is 1.84. The summed E-state index contributed by atoms with van der Waals surface area (Å²) in [5, 5.41) is 3.49. The summed E-state index contributed by atoms with van der Waals surface area (Å²) in [6.45, 7) is 4.32. The summed E-state index contributed by atoms with van der Waals surface area (Å²) in [4.78, 5) is 17.2. The first kappa shape index (κ1) is 18.8. The van der Waals surface area contributed by atoms with Crippen molar-refractivity contribution in [3.63, 3.8) is 0 Å². The number of hydrogen-bond acceptors (Lipinski definition) is 3. The van der Waals surface area contributed by atoms with Crippen LogP contribution in [0.2, 0.25) is 0 Å². The van der Waals surface area contributed by atoms with Gasteiger partial charge in [-0.15, -0.1) is 0 Å². The van der Waals surface area contributed by atoms with E-state index in [1.807, 2.05) is 12.1 Å². The van der Waals surface area contributed by atoms with Gasteiger partial charge in [-0.3, -0.25) is 4.57 Å². The minimum absolute atomic E-state index is 0.195. The van der Waals surface area contributed by atoms with Gasteiger partial charge in [-0.25, -0.2) is 13.6 Å². The maximum atomic E-state index is 13.3. The minimum Gasteiger partial charge on any atom is -0.308 e. The number of piperazine rings is 1. The molecule has 28 heavy (non-hydrogen) atoms. The number of unbranched alkanes of at least 4 members (excludes halogenated alkanes) is 1. The lowest BCUT2D eigenvalue weighted by molar-refractivity contribution is 0.196. The van der Waals surface area contributed by atoms with Crippen LogP contribution in [0.4, 0.5) is 8.78 Å². The Kier molecular flexibility index (Phi) is 5.54. The van der Waals surface area contributed by atoms with Gasteiger partial charge < -0.3 is 15.2 Å². The lowest BCUT2D eigenvalue weighted by Gasteiger charge is -2.34. The number of H-pyrrole nitrogens is 1. The van der Waals surface area contributed by atoms with E-state index in [1.54, 1.807) is 10.6 Å². The van der Waals surface area contributed by atoms with Crippen LogP contribution in [0.15, 0.2) is 47.3 Å². The van der Waals surface area contributed by atoms with Crippen molar-refractivity contribution in [3.8, 4) is 0 Å². The molecule has 0 aliphatic carbocycles. The Labute approximate surface area is 162 Å². The molecule has 2 heterocycles. The summed E-state index contributed by atoms with van der Waals surface area (Å²) in [5.41, 5.74) is 2.18. The molecule has 1 atom stereocenters. The van der Waals surface area contributed by atoms with Gasteiger partial charge in [-0.05, 0) is 55.3 Å². The third-order valence-electron chi connectivity index (χ3n) is 5.37. The highest BCUT2D eigenvalue weighted by molar-refractivity contribution is 5.75. The highest BCUT2D eigenvalue weighted by Crippen LogP contribution is 2.18. The second-order valence-electron chi connectivity index (χ2n) is 7.31. The van der Waals surface area contributed by atoms with Crippen LogP contribution in [0.1, 0.15) is 24.4 Å². The first-order valence-corrected chi connectivity index (χ1v) is 9.69. The molecule has 1 aliphatic heterocycles. The Balaban J connectivity index is 1.30. The van der Waals surface area contributed by atoms with Crippen molar-refractivity contribution in [1.82, 2.24) is 19.8 Å². The van der Waals surface area contributed by atoms with E-state index in [4.69, 9.17) is 0 Å². The summed E-state index contributed by atoms with van der Waals surface area (Å²) in [7, 11) is 0. The third kappa shape index (κ3) is 4.15. The van der Waals surface area contributed by atoms with Crippen LogP contribution < -0.4 is 11.0 Å². The fourth-order valence-electron chi connectivity index (χ4n) is 3.90. The van der Waals surface area contributed by atoms with Crippen molar-refractivity contribution >= 4 is 11.0 Å². The average molecular weight is 386 g/mol. The number of nitrogens with one attached hydrogen (secondary N) is 2. The maximum absolute atomic E-state index is 13.3. The molecule has 2 aromatic carbocycles. The lowest BCUT2D eigenvalue weighted by atomic mass is 10.0. The molecular formula is C21H24F2N4O. The van der Waals surface area contributed by atoms with Gasteiger partial charge in [0.05, 0.1) is 11.0 Å². The van der Waals surface area contributed by atoms with Crippen LogP contribution in [-0.4, -0.2) is 40.6 Å². The maximum Gasteiger partial charge on any atom is 0.326 e. The van der Waals surface area contributed by atoms with Crippen LogP contribution in [0.25, 0.3) is 11.0 Å². The Morgan fingerprint density at radius 3 is 2.57 bits per heavy atom. The number of nitrogens with zero attached hydrogens (tertiary/aromatic N) is 2. The molecule has 2 N–H and O–H groups in total. The van der Waals surface area contributed by atoms with Crippen molar-refractivity contribution in [1.29, 1.82) is 0 Å². The molecule has 0 bridgehead atoms. The van der Waals surface area contributed by atoms with Gasteiger partial charge >= 0.3 is 5.69 Å². The Morgan fingerprint density at radius 2 is 1.75 bits per heavy atom. The second kappa shape index (κ2) is 8.24. The molecule has 1 aromatic heterocycles. The molecule has 5 nitrogen and oxygen atoms in total. The molecular weight excluding hydrogens is 362 g/mol. The largest absolute Gasteiger partial charge is 0.326 e. The predicted octanol–water partition coefficient (Wildman–Crippen LogP) is 3.03. The predicted molar refractivity (Wildman–Crippen MR) is 105 cm³/mol. The van der Waals surface area contributed by atoms with Gasteiger partial charge in [0.15, 0.2) is 0 Å². The van der Waals surface area contributed by atoms with E-state index < -0.39 is 0 Å². The van der Waals surface area contributed by atoms with E-state index in [-0.39, 0.29) is 23.4 Å². The first-order valence-electron chi connectivity index (χ1n) is 9.69. The molecule has 1 aliphatic rings. The summed E-state index contributed by atoms with van der Waals surface area (Å²) >= 11 is 0. The van der Waals surface area contributed by atoms with Crippen molar-refractivity contribution in [2.75, 3.05) is 26.2 Å². The van der Waals surface area contributed by atoms with E-state index in [2.05, 4.69) is 15.2 Å². The van der Waals surface area contributed by atoms with Crippen LogP contribution >= 0.6 is 0 Å². The quantitative estimate of drug-likeness (QED) is 0.641. The zero-order valence-corrected chi connectivity index (χ0v) is 15.6. The van der Waals surface area contributed by atoms with Crippen LogP contribution in [-0.2, 0) is 6.54 Å². The molecule has 1 saturated heterocycles. The van der Waals surface area contributed by atoms with Gasteiger partial charge in [0.1, 0.15) is 11.6 Å². The first-order chi connectivity index (χ1) is 13.6. The van der Waals surface area contributed by atoms with E-state index in [0.717, 1.165) is 50.1 Å². The second-order valence-corrected chi connectivity index (χ2v) is 7.31. The number of imidazole rings is 1. The number of aromatic nitrogens is 2. The van der Waals surface area contributed by atoms with Crippen LogP contribution in [0.5, 0.6) is 0 Å². The molecule has 0 radical (unpaired) electrons. The van der Waals surface area contributed by atoms with Gasteiger partial charge in [0, 0.05) is 32.2 Å². The fraction of sp³-hybridized carbons (Fsp3) is 0.381. The molecule has 0 amide bonds. The van der Waals surface area contributed by atoms with Crippen molar-refractivity contribution in [2.45, 2.75) is 25.4 Å². The standard InChI is InChI=1S/C21H24F2N4O/c22-16-5-3-15(4-6-16)19-14-26(12-9-24-19)10-1-2-11-27-20-8-7-17(23)13-18(20)25-21(27)28/h3-8,13,19,24H,1-2,9-12,14H2,(H,25,28). The minimum atomic E-state index is -0.352. The molecule has 0 spiro atoms. The Morgan fingerprint density at radius 1 is 1.00 bits per heavy atom. The van der Waals surface area contributed by atoms with E-state index in [9.17, 15) is 13.6 Å². The fourth-order valence-corrected chi connectivity index (χ4v) is 3.90. The van der Waals surface area contributed by atoms with Gasteiger partial charge in [-0.2, -0.15) is 0 Å². The van der Waals surface area contributed by atoms with Crippen molar-refractivity contribution < 1.29 is 8.78 Å². The van der Waals surface area contributed by atoms with Crippen LogP contribution in [0.3, 0.4) is 0 Å². The SMILES string of the molecule is O=c1[nH]c2cc(F)ccc2n1CCCCN1CCNC(c2ccc(F)cc2)C1. The van der Waals surface area contributed by atoms with E-state index in [0.29, 0.717) is 12.1 Å². The Bertz CT molecular complexity index is 996. The molecule has 1 fully saturated rings. The van der Waals surface area contributed by atoms with Gasteiger partial charge in [0.25, 0.3) is 0 Å². The van der Waals surface area contributed by atoms with Gasteiger partial charge in [-0.1, -0.05) is 12.1 Å². The molecule has 7 heteroatoms. The third-order valence-corrected chi connectivity index (χ3v) is 5.37. The number of aromatic amines is 1. The molecule has 3 aromatic rings. The molecule has 1 unspecified atom stereocenters. The zero-order valence-electron chi connectivity index (χ0n) is 15.6. The molecule has 0 saturated carbocycles. The zero-order chi connectivity index (χ0) is 19.5. The number of hydrogen-bond donors (Lipinski definition) is 2. The number of rotatable bonds is 6. The highest BCUT2D eigenvalue weighted by atomic mass is 19.1. The number of benzene rings is 2. The van der Waals surface area contributed by atoms with E-state index in [1.165, 1.54) is 24.3 Å². The smallest absolute Gasteiger partial charge is 0.308 e. The van der Waals surface area contributed by atoms with Crippen molar-refractivity contribution in [2.24, 2.45) is 0 Å². The van der Waals surface area contributed by atoms with Crippen molar-refractivity contribution in [3.05, 3.63) is 70.1 Å². The summed E-state index contributed by atoms with van der Waals surface area (Å²) < 4.78 is 28.1. The molecule has 4 rings (SSSR count).